The fraction of sp³-hybridized carbons (Fsp3) is 0.643. The molecule has 0 aromatic carbocycles. The highest BCUT2D eigenvalue weighted by Gasteiger charge is 2.31. The molecule has 0 unspecified atom stereocenters. The summed E-state index contributed by atoms with van der Waals surface area (Å²) in [5, 5.41) is 7.49. The van der Waals surface area contributed by atoms with Crippen molar-refractivity contribution in [3.05, 3.63) is 24.0 Å². The number of rotatable bonds is 2. The molecule has 0 saturated carbocycles. The van der Waals surface area contributed by atoms with E-state index in [0.29, 0.717) is 11.6 Å². The van der Waals surface area contributed by atoms with Gasteiger partial charge in [-0.1, -0.05) is 6.42 Å². The first-order valence-electron chi connectivity index (χ1n) is 7.14. The summed E-state index contributed by atoms with van der Waals surface area (Å²) in [6.07, 6.45) is 8.19. The van der Waals surface area contributed by atoms with Crippen LogP contribution in [0.25, 0.3) is 0 Å². The lowest BCUT2D eigenvalue weighted by atomic mass is 10.1. The van der Waals surface area contributed by atoms with Crippen molar-refractivity contribution in [3.63, 3.8) is 0 Å². The number of carbonyl (C=O) groups is 1. The Morgan fingerprint density at radius 3 is 2.74 bits per heavy atom. The zero-order chi connectivity index (χ0) is 13.1. The van der Waals surface area contributed by atoms with E-state index in [0.717, 1.165) is 19.5 Å². The molecule has 1 amide bonds. The van der Waals surface area contributed by atoms with Gasteiger partial charge in [-0.05, 0) is 38.4 Å². The first-order chi connectivity index (χ1) is 9.34. The van der Waals surface area contributed by atoms with Crippen molar-refractivity contribution in [2.24, 2.45) is 0 Å². The lowest BCUT2D eigenvalue weighted by Crippen LogP contribution is -2.41. The van der Waals surface area contributed by atoms with Crippen LogP contribution in [0.1, 0.15) is 36.0 Å². The summed E-state index contributed by atoms with van der Waals surface area (Å²) in [5.41, 5.74) is 0.647. The first-order valence-corrected chi connectivity index (χ1v) is 7.14. The van der Waals surface area contributed by atoms with Gasteiger partial charge in [-0.25, -0.2) is 0 Å². The maximum absolute atomic E-state index is 12.3. The van der Waals surface area contributed by atoms with Gasteiger partial charge in [0.15, 0.2) is 0 Å². The Morgan fingerprint density at radius 2 is 2.00 bits per heavy atom. The molecule has 1 aromatic heterocycles. The van der Waals surface area contributed by atoms with Gasteiger partial charge in [0.2, 0.25) is 0 Å². The molecule has 0 bridgehead atoms. The van der Waals surface area contributed by atoms with Crippen LogP contribution in [0, 0.1) is 0 Å². The molecule has 1 aromatic rings. The van der Waals surface area contributed by atoms with Gasteiger partial charge in [-0.2, -0.15) is 10.2 Å². The number of hydrogen-bond donors (Lipinski definition) is 0. The summed E-state index contributed by atoms with van der Waals surface area (Å²) < 4.78 is 0. The molecular weight excluding hydrogens is 240 g/mol. The molecule has 2 fully saturated rings. The van der Waals surface area contributed by atoms with Crippen LogP contribution in [0.2, 0.25) is 0 Å². The molecule has 1 atom stereocenters. The average molecular weight is 260 g/mol. The van der Waals surface area contributed by atoms with Gasteiger partial charge in [0, 0.05) is 19.1 Å². The summed E-state index contributed by atoms with van der Waals surface area (Å²) in [6, 6.07) is 2.29. The number of carbonyl (C=O) groups excluding carboxylic acids is 1. The van der Waals surface area contributed by atoms with E-state index in [4.69, 9.17) is 0 Å². The van der Waals surface area contributed by atoms with Gasteiger partial charge in [0.1, 0.15) is 0 Å². The van der Waals surface area contributed by atoms with Crippen molar-refractivity contribution in [2.45, 2.75) is 31.7 Å². The predicted octanol–water partition coefficient (Wildman–Crippen LogP) is 1.18. The minimum Gasteiger partial charge on any atom is -0.337 e. The summed E-state index contributed by atoms with van der Waals surface area (Å²) in [6.45, 7) is 4.12. The molecule has 0 N–H and O–H groups in total. The highest BCUT2D eigenvalue weighted by Crippen LogP contribution is 2.21. The van der Waals surface area contributed by atoms with Crippen LogP contribution in [0.3, 0.4) is 0 Å². The summed E-state index contributed by atoms with van der Waals surface area (Å²) >= 11 is 0. The van der Waals surface area contributed by atoms with E-state index in [1.807, 2.05) is 4.90 Å². The van der Waals surface area contributed by atoms with Crippen molar-refractivity contribution in [2.75, 3.05) is 26.2 Å². The van der Waals surface area contributed by atoms with Gasteiger partial charge >= 0.3 is 0 Å². The van der Waals surface area contributed by atoms with E-state index in [1.165, 1.54) is 32.4 Å². The van der Waals surface area contributed by atoms with Crippen LogP contribution >= 0.6 is 0 Å². The minimum atomic E-state index is 0.0920. The molecule has 2 aliphatic rings. The second-order valence-corrected chi connectivity index (χ2v) is 5.42. The van der Waals surface area contributed by atoms with E-state index in [2.05, 4.69) is 15.1 Å². The van der Waals surface area contributed by atoms with Crippen LogP contribution in [-0.4, -0.2) is 58.1 Å². The monoisotopic (exact) mass is 260 g/mol. The predicted molar refractivity (Wildman–Crippen MR) is 71.8 cm³/mol. The molecule has 0 radical (unpaired) electrons. The van der Waals surface area contributed by atoms with Crippen molar-refractivity contribution in [1.82, 2.24) is 20.0 Å². The van der Waals surface area contributed by atoms with Crippen LogP contribution in [-0.2, 0) is 0 Å². The lowest BCUT2D eigenvalue weighted by Gasteiger charge is -2.32. The molecular formula is C14H20N4O. The molecule has 19 heavy (non-hydrogen) atoms. The number of hydrogen-bond acceptors (Lipinski definition) is 4. The normalized spacial score (nSPS) is 24.6. The van der Waals surface area contributed by atoms with Crippen LogP contribution in [0.4, 0.5) is 0 Å². The largest absolute Gasteiger partial charge is 0.337 e. The standard InChI is InChI=1S/C14H20N4O/c19-14(12-4-6-15-16-10-12)18-9-5-13(11-18)17-7-2-1-3-8-17/h4,6,10,13H,1-3,5,7-9,11H2/t13-/m1/s1. The molecule has 0 aliphatic carbocycles. The molecule has 5 heteroatoms. The SMILES string of the molecule is O=C(c1ccnnc1)N1CC[C@@H](N2CCCCC2)C1. The highest BCUT2D eigenvalue weighted by atomic mass is 16.2. The highest BCUT2D eigenvalue weighted by molar-refractivity contribution is 5.94. The quantitative estimate of drug-likeness (QED) is 0.801. The molecule has 3 heterocycles. The van der Waals surface area contributed by atoms with Crippen molar-refractivity contribution < 1.29 is 4.79 Å². The molecule has 5 nitrogen and oxygen atoms in total. The third kappa shape index (κ3) is 2.76. The van der Waals surface area contributed by atoms with Gasteiger partial charge in [0.25, 0.3) is 5.91 Å². The Hall–Kier alpha value is -1.49. The van der Waals surface area contributed by atoms with E-state index in [-0.39, 0.29) is 5.91 Å². The topological polar surface area (TPSA) is 49.3 Å². The van der Waals surface area contributed by atoms with Crippen LogP contribution in [0.5, 0.6) is 0 Å². The fourth-order valence-electron chi connectivity index (χ4n) is 3.11. The van der Waals surface area contributed by atoms with E-state index >= 15 is 0 Å². The second-order valence-electron chi connectivity index (χ2n) is 5.42. The van der Waals surface area contributed by atoms with E-state index in [9.17, 15) is 4.79 Å². The van der Waals surface area contributed by atoms with Crippen molar-refractivity contribution in [1.29, 1.82) is 0 Å². The first kappa shape index (κ1) is 12.5. The zero-order valence-electron chi connectivity index (χ0n) is 11.2. The number of nitrogens with zero attached hydrogens (tertiary/aromatic N) is 4. The second kappa shape index (κ2) is 5.65. The van der Waals surface area contributed by atoms with E-state index in [1.54, 1.807) is 18.5 Å². The summed E-state index contributed by atoms with van der Waals surface area (Å²) in [4.78, 5) is 16.8. The molecule has 3 rings (SSSR count). The zero-order valence-corrected chi connectivity index (χ0v) is 11.2. The van der Waals surface area contributed by atoms with Crippen LogP contribution in [0.15, 0.2) is 18.5 Å². The summed E-state index contributed by atoms with van der Waals surface area (Å²) in [7, 11) is 0. The Morgan fingerprint density at radius 1 is 1.16 bits per heavy atom. The Bertz CT molecular complexity index is 430. The maximum atomic E-state index is 12.3. The summed E-state index contributed by atoms with van der Waals surface area (Å²) in [5.74, 6) is 0.0920. The number of aromatic nitrogens is 2. The van der Waals surface area contributed by atoms with Crippen LogP contribution < -0.4 is 0 Å². The Labute approximate surface area is 113 Å². The molecule has 2 aliphatic heterocycles. The van der Waals surface area contributed by atoms with Gasteiger partial charge < -0.3 is 4.90 Å². The number of likely N-dealkylation sites (tertiary alicyclic amines) is 2. The third-order valence-electron chi connectivity index (χ3n) is 4.19. The van der Waals surface area contributed by atoms with E-state index < -0.39 is 0 Å². The fourth-order valence-corrected chi connectivity index (χ4v) is 3.11. The Balaban J connectivity index is 1.61. The average Bonchev–Trinajstić information content (AvgIpc) is 2.98. The lowest BCUT2D eigenvalue weighted by molar-refractivity contribution is 0.0771. The molecule has 2 saturated heterocycles. The van der Waals surface area contributed by atoms with Crippen molar-refractivity contribution >= 4 is 5.91 Å². The Kier molecular flexibility index (Phi) is 3.73. The van der Waals surface area contributed by atoms with Crippen molar-refractivity contribution in [3.8, 4) is 0 Å². The minimum absolute atomic E-state index is 0.0920. The third-order valence-corrected chi connectivity index (χ3v) is 4.19. The van der Waals surface area contributed by atoms with Gasteiger partial charge in [-0.3, -0.25) is 9.69 Å². The maximum Gasteiger partial charge on any atom is 0.255 e. The molecule has 0 spiro atoms. The smallest absolute Gasteiger partial charge is 0.255 e. The molecule has 102 valence electrons. The number of amides is 1. The number of piperidine rings is 1. The van der Waals surface area contributed by atoms with Gasteiger partial charge in [-0.15, -0.1) is 0 Å². The van der Waals surface area contributed by atoms with Gasteiger partial charge in [0.05, 0.1) is 18.0 Å².